The molecule has 21 heavy (non-hydrogen) atoms. The van der Waals surface area contributed by atoms with Gasteiger partial charge >= 0.3 is 0 Å². The first-order valence-corrected chi connectivity index (χ1v) is 8.24. The molecule has 0 amide bonds. The maximum atomic E-state index is 6.55. The van der Waals surface area contributed by atoms with Gasteiger partial charge in [-0.25, -0.2) is 0 Å². The van der Waals surface area contributed by atoms with Gasteiger partial charge in [-0.2, -0.15) is 0 Å². The predicted molar refractivity (Wildman–Crippen MR) is 87.5 cm³/mol. The molecule has 1 fully saturated rings. The number of hydrogen-bond acceptors (Lipinski definition) is 3. The van der Waals surface area contributed by atoms with E-state index in [4.69, 9.17) is 22.1 Å². The minimum atomic E-state index is -0.211. The van der Waals surface area contributed by atoms with E-state index in [1.165, 1.54) is 0 Å². The number of pyridine rings is 1. The number of rotatable bonds is 5. The summed E-state index contributed by atoms with van der Waals surface area (Å²) in [5, 5.41) is 0.690. The molecular weight excluding hydrogens is 284 g/mol. The van der Waals surface area contributed by atoms with E-state index in [1.807, 2.05) is 13.0 Å². The lowest BCUT2D eigenvalue weighted by molar-refractivity contribution is -0.0987. The van der Waals surface area contributed by atoms with Gasteiger partial charge in [-0.3, -0.25) is 4.98 Å². The Balaban J connectivity index is 2.13. The fraction of sp³-hybridized carbons (Fsp3) is 0.706. The van der Waals surface area contributed by atoms with Crippen LogP contribution >= 0.6 is 11.6 Å². The summed E-state index contributed by atoms with van der Waals surface area (Å²) in [5.41, 5.74) is 7.80. The van der Waals surface area contributed by atoms with Crippen molar-refractivity contribution >= 4 is 11.6 Å². The van der Waals surface area contributed by atoms with E-state index in [-0.39, 0.29) is 11.6 Å². The molecule has 0 bridgehead atoms. The number of nitrogens with two attached hydrogens (primary N) is 1. The topological polar surface area (TPSA) is 48.1 Å². The summed E-state index contributed by atoms with van der Waals surface area (Å²) in [5.74, 6) is 0. The van der Waals surface area contributed by atoms with Crippen LogP contribution in [0.4, 0.5) is 0 Å². The number of nitrogens with zero attached hydrogens (tertiary/aromatic N) is 1. The lowest BCUT2D eigenvalue weighted by atomic mass is 9.68. The fourth-order valence-corrected chi connectivity index (χ4v) is 3.45. The van der Waals surface area contributed by atoms with Gasteiger partial charge in [0.05, 0.1) is 10.6 Å². The van der Waals surface area contributed by atoms with Gasteiger partial charge in [-0.15, -0.1) is 0 Å². The molecule has 3 nitrogen and oxygen atoms in total. The molecule has 0 spiro atoms. The molecule has 1 aromatic rings. The summed E-state index contributed by atoms with van der Waals surface area (Å²) >= 11 is 6.22. The quantitative estimate of drug-likeness (QED) is 0.895. The smallest absolute Gasteiger partial charge is 0.0836 e. The molecule has 1 unspecified atom stereocenters. The van der Waals surface area contributed by atoms with Gasteiger partial charge < -0.3 is 10.5 Å². The molecule has 118 valence electrons. The van der Waals surface area contributed by atoms with E-state index >= 15 is 0 Å². The van der Waals surface area contributed by atoms with Crippen LogP contribution in [0.5, 0.6) is 0 Å². The first kappa shape index (κ1) is 16.7. The van der Waals surface area contributed by atoms with Crippen LogP contribution in [0.25, 0.3) is 0 Å². The minimum absolute atomic E-state index is 0.0338. The van der Waals surface area contributed by atoms with E-state index in [0.29, 0.717) is 17.0 Å². The molecule has 0 aliphatic heterocycles. The number of aromatic nitrogens is 1. The Morgan fingerprint density at radius 3 is 2.57 bits per heavy atom. The van der Waals surface area contributed by atoms with Crippen LogP contribution in [0, 0.1) is 5.41 Å². The first-order valence-electron chi connectivity index (χ1n) is 7.86. The summed E-state index contributed by atoms with van der Waals surface area (Å²) in [6.45, 7) is 7.41. The van der Waals surface area contributed by atoms with Crippen LogP contribution < -0.4 is 5.73 Å². The molecule has 1 aliphatic rings. The number of halogens is 1. The maximum absolute atomic E-state index is 6.55. The zero-order valence-corrected chi connectivity index (χ0v) is 14.1. The normalized spacial score (nSPS) is 22.0. The third-order valence-corrected chi connectivity index (χ3v) is 5.19. The monoisotopic (exact) mass is 310 g/mol. The second kappa shape index (κ2) is 6.64. The highest BCUT2D eigenvalue weighted by molar-refractivity contribution is 6.31. The SMILES string of the molecule is CCOC1(C(N)Cc2ccncc2Cl)CCC(C)(C)CC1. The zero-order valence-electron chi connectivity index (χ0n) is 13.4. The van der Waals surface area contributed by atoms with Crippen molar-refractivity contribution in [1.29, 1.82) is 0 Å². The van der Waals surface area contributed by atoms with Crippen molar-refractivity contribution in [1.82, 2.24) is 4.98 Å². The summed E-state index contributed by atoms with van der Waals surface area (Å²) in [6, 6.07) is 1.92. The summed E-state index contributed by atoms with van der Waals surface area (Å²) in [7, 11) is 0. The number of ether oxygens (including phenoxy) is 1. The fourth-order valence-electron chi connectivity index (χ4n) is 3.25. The predicted octanol–water partition coefficient (Wildman–Crippen LogP) is 3.98. The molecule has 2 rings (SSSR count). The Labute approximate surface area is 133 Å². The highest BCUT2D eigenvalue weighted by Crippen LogP contribution is 2.43. The lowest BCUT2D eigenvalue weighted by Crippen LogP contribution is -2.54. The Bertz CT molecular complexity index is 466. The highest BCUT2D eigenvalue weighted by atomic mass is 35.5. The van der Waals surface area contributed by atoms with Gasteiger partial charge in [0.25, 0.3) is 0 Å². The van der Waals surface area contributed by atoms with Crippen molar-refractivity contribution < 1.29 is 4.74 Å². The van der Waals surface area contributed by atoms with Crippen LogP contribution in [-0.4, -0.2) is 23.2 Å². The molecule has 1 atom stereocenters. The van der Waals surface area contributed by atoms with Crippen LogP contribution in [0.2, 0.25) is 5.02 Å². The van der Waals surface area contributed by atoms with Gasteiger partial charge in [0.2, 0.25) is 0 Å². The van der Waals surface area contributed by atoms with Crippen molar-refractivity contribution in [2.45, 2.75) is 64.5 Å². The van der Waals surface area contributed by atoms with Gasteiger partial charge in [0, 0.05) is 25.0 Å². The first-order chi connectivity index (χ1) is 9.88. The van der Waals surface area contributed by atoms with Crippen molar-refractivity contribution in [2.24, 2.45) is 11.1 Å². The molecule has 1 saturated carbocycles. The Kier molecular flexibility index (Phi) is 5.29. The molecule has 2 N–H and O–H groups in total. The third kappa shape index (κ3) is 3.97. The average molecular weight is 311 g/mol. The van der Waals surface area contributed by atoms with Gasteiger partial charge in [-0.05, 0) is 56.1 Å². The van der Waals surface area contributed by atoms with Crippen LogP contribution in [0.15, 0.2) is 18.5 Å². The Morgan fingerprint density at radius 2 is 2.00 bits per heavy atom. The molecular formula is C17H27ClN2O. The number of hydrogen-bond donors (Lipinski definition) is 1. The van der Waals surface area contributed by atoms with Crippen LogP contribution in [-0.2, 0) is 11.2 Å². The lowest BCUT2D eigenvalue weighted by Gasteiger charge is -2.46. The molecule has 1 aromatic heterocycles. The Morgan fingerprint density at radius 1 is 1.33 bits per heavy atom. The van der Waals surface area contributed by atoms with Gasteiger partial charge in [0.15, 0.2) is 0 Å². The van der Waals surface area contributed by atoms with Crippen molar-refractivity contribution in [3.8, 4) is 0 Å². The van der Waals surface area contributed by atoms with Crippen molar-refractivity contribution in [3.05, 3.63) is 29.0 Å². The second-order valence-electron chi connectivity index (χ2n) is 6.94. The highest BCUT2D eigenvalue weighted by Gasteiger charge is 2.43. The van der Waals surface area contributed by atoms with Crippen LogP contribution in [0.3, 0.4) is 0 Å². The summed E-state index contributed by atoms with van der Waals surface area (Å²) in [6.07, 6.45) is 8.55. The standard InChI is InChI=1S/C17H27ClN2O/c1-4-21-17(8-6-16(2,3)7-9-17)15(19)11-13-5-10-20-12-14(13)18/h5,10,12,15H,4,6-9,11,19H2,1-3H3. The van der Waals surface area contributed by atoms with E-state index < -0.39 is 0 Å². The van der Waals surface area contributed by atoms with E-state index in [1.54, 1.807) is 12.4 Å². The molecule has 1 aliphatic carbocycles. The third-order valence-electron chi connectivity index (χ3n) is 4.85. The van der Waals surface area contributed by atoms with E-state index in [0.717, 1.165) is 37.7 Å². The average Bonchev–Trinajstić information content (AvgIpc) is 2.44. The van der Waals surface area contributed by atoms with E-state index in [9.17, 15) is 0 Å². The van der Waals surface area contributed by atoms with Gasteiger partial charge in [-0.1, -0.05) is 25.4 Å². The summed E-state index contributed by atoms with van der Waals surface area (Å²) < 4.78 is 6.15. The zero-order chi connectivity index (χ0) is 15.5. The van der Waals surface area contributed by atoms with Crippen molar-refractivity contribution in [3.63, 3.8) is 0 Å². The molecule has 0 radical (unpaired) electrons. The van der Waals surface area contributed by atoms with Crippen LogP contribution in [0.1, 0.15) is 52.0 Å². The second-order valence-corrected chi connectivity index (χ2v) is 7.35. The van der Waals surface area contributed by atoms with Gasteiger partial charge in [0.1, 0.15) is 0 Å². The maximum Gasteiger partial charge on any atom is 0.0836 e. The molecule has 0 aromatic carbocycles. The molecule has 0 saturated heterocycles. The van der Waals surface area contributed by atoms with Crippen molar-refractivity contribution in [2.75, 3.05) is 6.61 Å². The molecule has 1 heterocycles. The van der Waals surface area contributed by atoms with E-state index in [2.05, 4.69) is 18.8 Å². The minimum Gasteiger partial charge on any atom is -0.374 e. The Hall–Kier alpha value is -0.640. The largest absolute Gasteiger partial charge is 0.374 e. The summed E-state index contributed by atoms with van der Waals surface area (Å²) in [4.78, 5) is 4.03. The molecule has 4 heteroatoms.